The molecule has 0 bridgehead atoms. The monoisotopic (exact) mass is 299 g/mol. The van der Waals surface area contributed by atoms with Crippen LogP contribution in [-0.2, 0) is 6.61 Å². The van der Waals surface area contributed by atoms with Crippen LogP contribution >= 0.6 is 11.6 Å². The van der Waals surface area contributed by atoms with Crippen LogP contribution in [0.3, 0.4) is 0 Å². The number of hydrogen-bond acceptors (Lipinski definition) is 3. The Labute approximate surface area is 117 Å². The SMILES string of the molecule is O=[N+]([O-])c1ccc(OCc2c(F)cccc2Cl)c(F)c1. The van der Waals surface area contributed by atoms with Gasteiger partial charge in [-0.05, 0) is 18.2 Å². The average Bonchev–Trinajstić information content (AvgIpc) is 2.39. The van der Waals surface area contributed by atoms with Crippen LogP contribution in [0.25, 0.3) is 0 Å². The molecule has 0 aliphatic heterocycles. The number of halogens is 3. The fourth-order valence-electron chi connectivity index (χ4n) is 1.54. The van der Waals surface area contributed by atoms with Crippen LogP contribution in [0.2, 0.25) is 5.02 Å². The molecule has 0 heterocycles. The molecule has 0 saturated heterocycles. The summed E-state index contributed by atoms with van der Waals surface area (Å²) in [6.45, 7) is -0.278. The van der Waals surface area contributed by atoms with Gasteiger partial charge in [0, 0.05) is 11.6 Å². The molecular weight excluding hydrogens is 292 g/mol. The van der Waals surface area contributed by atoms with E-state index in [-0.39, 0.29) is 22.9 Å². The summed E-state index contributed by atoms with van der Waals surface area (Å²) in [6, 6.07) is 7.07. The lowest BCUT2D eigenvalue weighted by molar-refractivity contribution is -0.385. The van der Waals surface area contributed by atoms with Crippen LogP contribution in [0.4, 0.5) is 14.5 Å². The number of nitrogens with zero attached hydrogens (tertiary/aromatic N) is 1. The second kappa shape index (κ2) is 5.83. The Morgan fingerprint density at radius 3 is 2.55 bits per heavy atom. The van der Waals surface area contributed by atoms with Crippen molar-refractivity contribution < 1.29 is 18.4 Å². The van der Waals surface area contributed by atoms with Crippen molar-refractivity contribution in [2.24, 2.45) is 0 Å². The van der Waals surface area contributed by atoms with Crippen LogP contribution in [0.5, 0.6) is 5.75 Å². The third-order valence-corrected chi connectivity index (χ3v) is 2.91. The van der Waals surface area contributed by atoms with Crippen molar-refractivity contribution in [3.8, 4) is 5.75 Å². The molecular formula is C13H8ClF2NO3. The summed E-state index contributed by atoms with van der Waals surface area (Å²) in [5.41, 5.74) is -0.300. The maximum atomic E-state index is 13.6. The van der Waals surface area contributed by atoms with Gasteiger partial charge in [0.2, 0.25) is 0 Å². The molecule has 0 aliphatic carbocycles. The summed E-state index contributed by atoms with van der Waals surface area (Å²) in [5, 5.41) is 10.6. The molecule has 20 heavy (non-hydrogen) atoms. The van der Waals surface area contributed by atoms with Gasteiger partial charge in [-0.25, -0.2) is 8.78 Å². The van der Waals surface area contributed by atoms with Gasteiger partial charge in [0.1, 0.15) is 12.4 Å². The standard InChI is InChI=1S/C13H8ClF2NO3/c14-10-2-1-3-11(15)9(10)7-20-13-5-4-8(17(18)19)6-12(13)16/h1-6H,7H2. The van der Waals surface area contributed by atoms with Crippen LogP contribution in [0.1, 0.15) is 5.56 Å². The van der Waals surface area contributed by atoms with Gasteiger partial charge in [0.15, 0.2) is 11.6 Å². The number of non-ortho nitro benzene ring substituents is 1. The largest absolute Gasteiger partial charge is 0.486 e. The highest BCUT2D eigenvalue weighted by molar-refractivity contribution is 6.31. The van der Waals surface area contributed by atoms with Crippen LogP contribution in [0.15, 0.2) is 36.4 Å². The minimum atomic E-state index is -0.897. The molecule has 104 valence electrons. The Morgan fingerprint density at radius 2 is 1.95 bits per heavy atom. The lowest BCUT2D eigenvalue weighted by Gasteiger charge is -2.09. The average molecular weight is 300 g/mol. The van der Waals surface area contributed by atoms with E-state index in [0.29, 0.717) is 0 Å². The van der Waals surface area contributed by atoms with Crippen LogP contribution in [0, 0.1) is 21.7 Å². The minimum absolute atomic E-state index is 0.0897. The highest BCUT2D eigenvalue weighted by atomic mass is 35.5. The van der Waals surface area contributed by atoms with Gasteiger partial charge in [-0.3, -0.25) is 10.1 Å². The van der Waals surface area contributed by atoms with E-state index in [1.165, 1.54) is 18.2 Å². The topological polar surface area (TPSA) is 52.4 Å². The first kappa shape index (κ1) is 14.2. The highest BCUT2D eigenvalue weighted by Crippen LogP contribution is 2.25. The van der Waals surface area contributed by atoms with E-state index in [0.717, 1.165) is 18.2 Å². The number of rotatable bonds is 4. The number of nitro groups is 1. The quantitative estimate of drug-likeness (QED) is 0.630. The zero-order chi connectivity index (χ0) is 14.7. The number of nitro benzene ring substituents is 1. The first-order chi connectivity index (χ1) is 9.49. The molecule has 4 nitrogen and oxygen atoms in total. The lowest BCUT2D eigenvalue weighted by Crippen LogP contribution is -2.01. The predicted molar refractivity (Wildman–Crippen MR) is 68.8 cm³/mol. The Bertz CT molecular complexity index is 644. The Kier molecular flexibility index (Phi) is 4.14. The van der Waals surface area contributed by atoms with Crippen molar-refractivity contribution in [1.82, 2.24) is 0 Å². The molecule has 0 spiro atoms. The first-order valence-electron chi connectivity index (χ1n) is 5.48. The first-order valence-corrected chi connectivity index (χ1v) is 5.86. The maximum absolute atomic E-state index is 13.6. The molecule has 0 atom stereocenters. The van der Waals surface area contributed by atoms with Gasteiger partial charge in [-0.1, -0.05) is 17.7 Å². The van der Waals surface area contributed by atoms with Gasteiger partial charge in [0.05, 0.1) is 16.0 Å². The molecule has 0 unspecified atom stereocenters. The third kappa shape index (κ3) is 3.03. The van der Waals surface area contributed by atoms with Crippen LogP contribution in [-0.4, -0.2) is 4.92 Å². The zero-order valence-electron chi connectivity index (χ0n) is 9.98. The molecule has 0 aliphatic rings. The van der Waals surface area contributed by atoms with E-state index >= 15 is 0 Å². The summed E-state index contributed by atoms with van der Waals surface area (Å²) in [4.78, 5) is 9.74. The molecule has 2 aromatic rings. The number of benzene rings is 2. The van der Waals surface area contributed by atoms with E-state index in [2.05, 4.69) is 0 Å². The number of hydrogen-bond donors (Lipinski definition) is 0. The summed E-state index contributed by atoms with van der Waals surface area (Å²) in [7, 11) is 0. The van der Waals surface area contributed by atoms with Crippen molar-refractivity contribution in [1.29, 1.82) is 0 Å². The molecule has 0 fully saturated rings. The Balaban J connectivity index is 2.17. The van der Waals surface area contributed by atoms with Gasteiger partial charge < -0.3 is 4.74 Å². The minimum Gasteiger partial charge on any atom is -0.486 e. The van der Waals surface area contributed by atoms with Crippen molar-refractivity contribution >= 4 is 17.3 Å². The van der Waals surface area contributed by atoms with Crippen molar-refractivity contribution in [2.75, 3.05) is 0 Å². The fourth-order valence-corrected chi connectivity index (χ4v) is 1.76. The molecule has 0 N–H and O–H groups in total. The molecule has 7 heteroatoms. The Morgan fingerprint density at radius 1 is 1.20 bits per heavy atom. The van der Waals surface area contributed by atoms with Crippen molar-refractivity contribution in [2.45, 2.75) is 6.61 Å². The fraction of sp³-hybridized carbons (Fsp3) is 0.0769. The molecule has 0 aromatic heterocycles. The maximum Gasteiger partial charge on any atom is 0.272 e. The molecule has 0 radical (unpaired) electrons. The van der Waals surface area contributed by atoms with Gasteiger partial charge in [-0.15, -0.1) is 0 Å². The number of ether oxygens (including phenoxy) is 1. The lowest BCUT2D eigenvalue weighted by atomic mass is 10.2. The normalized spacial score (nSPS) is 10.3. The molecule has 0 saturated carbocycles. The summed E-state index contributed by atoms with van der Waals surface area (Å²) >= 11 is 5.80. The smallest absolute Gasteiger partial charge is 0.272 e. The summed E-state index contributed by atoms with van der Waals surface area (Å²) in [5.74, 6) is -1.68. The van der Waals surface area contributed by atoms with Crippen LogP contribution < -0.4 is 4.74 Å². The summed E-state index contributed by atoms with van der Waals surface area (Å²) in [6.07, 6.45) is 0. The molecule has 2 aromatic carbocycles. The zero-order valence-corrected chi connectivity index (χ0v) is 10.7. The second-order valence-corrected chi connectivity index (χ2v) is 4.27. The van der Waals surface area contributed by atoms with Gasteiger partial charge >= 0.3 is 0 Å². The third-order valence-electron chi connectivity index (χ3n) is 2.56. The van der Waals surface area contributed by atoms with Gasteiger partial charge in [0.25, 0.3) is 5.69 Å². The molecule has 0 amide bonds. The van der Waals surface area contributed by atoms with Crippen molar-refractivity contribution in [3.05, 3.63) is 68.7 Å². The second-order valence-electron chi connectivity index (χ2n) is 3.86. The Hall–Kier alpha value is -2.21. The van der Waals surface area contributed by atoms with E-state index in [9.17, 15) is 18.9 Å². The van der Waals surface area contributed by atoms with E-state index in [4.69, 9.17) is 16.3 Å². The predicted octanol–water partition coefficient (Wildman–Crippen LogP) is 4.11. The summed E-state index contributed by atoms with van der Waals surface area (Å²) < 4.78 is 32.1. The van der Waals surface area contributed by atoms with E-state index in [1.807, 2.05) is 0 Å². The molecule has 2 rings (SSSR count). The van der Waals surface area contributed by atoms with E-state index in [1.54, 1.807) is 0 Å². The van der Waals surface area contributed by atoms with E-state index < -0.39 is 22.2 Å². The van der Waals surface area contributed by atoms with Gasteiger partial charge in [-0.2, -0.15) is 0 Å². The highest BCUT2D eigenvalue weighted by Gasteiger charge is 2.13. The van der Waals surface area contributed by atoms with Crippen molar-refractivity contribution in [3.63, 3.8) is 0 Å².